The minimum atomic E-state index is 0.00821. The second-order valence-corrected chi connectivity index (χ2v) is 5.44. The lowest BCUT2D eigenvalue weighted by atomic mass is 10.1. The van der Waals surface area contributed by atoms with Gasteiger partial charge in [-0.25, -0.2) is 0 Å². The Kier molecular flexibility index (Phi) is 3.31. The molecule has 0 aliphatic rings. The molecule has 0 saturated carbocycles. The molecule has 0 unspecified atom stereocenters. The number of aromatic nitrogens is 3. The van der Waals surface area contributed by atoms with Crippen LogP contribution in [0.3, 0.4) is 0 Å². The highest BCUT2D eigenvalue weighted by Gasteiger charge is 2.04. The van der Waals surface area contributed by atoms with Crippen LogP contribution in [-0.2, 0) is 13.6 Å². The Morgan fingerprint density at radius 2 is 2.25 bits per heavy atom. The van der Waals surface area contributed by atoms with Gasteiger partial charge in [-0.15, -0.1) is 0 Å². The van der Waals surface area contributed by atoms with E-state index in [4.69, 9.17) is 0 Å². The summed E-state index contributed by atoms with van der Waals surface area (Å²) in [7, 11) is 1.75. The number of nitrogens with zero attached hydrogens (tertiary/aromatic N) is 2. The number of nitrogens with one attached hydrogen (secondary N) is 2. The zero-order valence-corrected chi connectivity index (χ0v) is 12.4. The minimum Gasteiger partial charge on any atom is -0.379 e. The maximum Gasteiger partial charge on any atom is 0.258 e. The van der Waals surface area contributed by atoms with Gasteiger partial charge in [-0.3, -0.25) is 9.89 Å². The Labute approximate surface area is 123 Å². The topological polar surface area (TPSA) is 62.7 Å². The fourth-order valence-corrected chi connectivity index (χ4v) is 2.39. The Balaban J connectivity index is 1.91. The van der Waals surface area contributed by atoms with Crippen molar-refractivity contribution in [2.24, 2.45) is 7.05 Å². The van der Waals surface area contributed by atoms with Crippen LogP contribution in [0.15, 0.2) is 45.9 Å². The number of pyridine rings is 1. The van der Waals surface area contributed by atoms with Crippen LogP contribution in [0.1, 0.15) is 5.69 Å². The predicted octanol–water partition coefficient (Wildman–Crippen LogP) is 2.64. The lowest BCUT2D eigenvalue weighted by molar-refractivity contribution is 0.873. The molecule has 0 atom stereocenters. The lowest BCUT2D eigenvalue weighted by Crippen LogP contribution is -2.15. The van der Waals surface area contributed by atoms with Gasteiger partial charge in [0.15, 0.2) is 0 Å². The van der Waals surface area contributed by atoms with E-state index in [9.17, 15) is 4.79 Å². The molecule has 6 heteroatoms. The summed E-state index contributed by atoms with van der Waals surface area (Å²) in [5, 5.41) is 11.8. The number of benzene rings is 1. The van der Waals surface area contributed by atoms with Gasteiger partial charge in [-0.2, -0.15) is 5.10 Å². The molecule has 0 spiro atoms. The molecule has 0 aliphatic carbocycles. The smallest absolute Gasteiger partial charge is 0.258 e. The number of rotatable bonds is 3. The van der Waals surface area contributed by atoms with Gasteiger partial charge in [0.2, 0.25) is 0 Å². The number of halogens is 1. The zero-order chi connectivity index (χ0) is 14.1. The first-order valence-electron chi connectivity index (χ1n) is 6.16. The van der Waals surface area contributed by atoms with Crippen molar-refractivity contribution in [2.45, 2.75) is 6.54 Å². The number of H-pyrrole nitrogens is 1. The molecule has 3 aromatic rings. The molecule has 2 aromatic heterocycles. The molecule has 2 heterocycles. The summed E-state index contributed by atoms with van der Waals surface area (Å²) >= 11 is 3.41. The first-order valence-corrected chi connectivity index (χ1v) is 6.95. The van der Waals surface area contributed by atoms with Gasteiger partial charge in [0.25, 0.3) is 5.56 Å². The average Bonchev–Trinajstić information content (AvgIpc) is 2.86. The summed E-state index contributed by atoms with van der Waals surface area (Å²) in [4.78, 5) is 12.1. The van der Waals surface area contributed by atoms with E-state index in [2.05, 4.69) is 31.4 Å². The third kappa shape index (κ3) is 2.34. The van der Waals surface area contributed by atoms with Crippen LogP contribution in [0, 0.1) is 0 Å². The van der Waals surface area contributed by atoms with Crippen molar-refractivity contribution >= 4 is 32.4 Å². The SMILES string of the molecule is Cn1ccc2ccc(NCc3[nH]ncc3Br)cc2c1=O. The Morgan fingerprint density at radius 3 is 3.00 bits per heavy atom. The van der Waals surface area contributed by atoms with E-state index in [-0.39, 0.29) is 5.56 Å². The standard InChI is InChI=1S/C14H13BrN4O/c1-19-5-4-9-2-3-10(6-11(9)14(19)20)16-8-13-12(15)7-17-18-13/h2-7,16H,8H2,1H3,(H,17,18). The number of anilines is 1. The van der Waals surface area contributed by atoms with E-state index < -0.39 is 0 Å². The molecule has 0 radical (unpaired) electrons. The fourth-order valence-electron chi connectivity index (χ4n) is 2.06. The molecule has 3 rings (SSSR count). The van der Waals surface area contributed by atoms with Crippen molar-refractivity contribution in [1.82, 2.24) is 14.8 Å². The molecule has 0 bridgehead atoms. The molecular formula is C14H13BrN4O. The monoisotopic (exact) mass is 332 g/mol. The molecule has 5 nitrogen and oxygen atoms in total. The van der Waals surface area contributed by atoms with Crippen molar-refractivity contribution in [3.8, 4) is 0 Å². The van der Waals surface area contributed by atoms with Gasteiger partial charge in [0.1, 0.15) is 0 Å². The zero-order valence-electron chi connectivity index (χ0n) is 10.9. The van der Waals surface area contributed by atoms with E-state index >= 15 is 0 Å². The number of hydrogen-bond donors (Lipinski definition) is 2. The largest absolute Gasteiger partial charge is 0.379 e. The van der Waals surface area contributed by atoms with E-state index in [1.165, 1.54) is 0 Å². The summed E-state index contributed by atoms with van der Waals surface area (Å²) in [6, 6.07) is 7.72. The molecule has 20 heavy (non-hydrogen) atoms. The van der Waals surface area contributed by atoms with Crippen molar-refractivity contribution < 1.29 is 0 Å². The second kappa shape index (κ2) is 5.13. The fraction of sp³-hybridized carbons (Fsp3) is 0.143. The van der Waals surface area contributed by atoms with Crippen molar-refractivity contribution in [2.75, 3.05) is 5.32 Å². The molecule has 0 amide bonds. The number of fused-ring (bicyclic) bond motifs is 1. The normalized spacial score (nSPS) is 10.9. The number of hydrogen-bond acceptors (Lipinski definition) is 3. The summed E-state index contributed by atoms with van der Waals surface area (Å²) in [6.07, 6.45) is 3.49. The van der Waals surface area contributed by atoms with Crippen LogP contribution in [0.2, 0.25) is 0 Å². The summed E-state index contributed by atoms with van der Waals surface area (Å²) < 4.78 is 2.51. The van der Waals surface area contributed by atoms with Crippen molar-refractivity contribution in [3.63, 3.8) is 0 Å². The first-order chi connectivity index (χ1) is 9.65. The van der Waals surface area contributed by atoms with Crippen molar-refractivity contribution in [1.29, 1.82) is 0 Å². The van der Waals surface area contributed by atoms with Crippen LogP contribution < -0.4 is 10.9 Å². The maximum absolute atomic E-state index is 12.1. The second-order valence-electron chi connectivity index (χ2n) is 4.58. The van der Waals surface area contributed by atoms with E-state index in [0.29, 0.717) is 11.9 Å². The average molecular weight is 333 g/mol. The highest BCUT2D eigenvalue weighted by atomic mass is 79.9. The van der Waals surface area contributed by atoms with Crippen LogP contribution in [0.4, 0.5) is 5.69 Å². The number of aromatic amines is 1. The van der Waals surface area contributed by atoms with Gasteiger partial charge < -0.3 is 9.88 Å². The Bertz CT molecular complexity index is 821. The lowest BCUT2D eigenvalue weighted by Gasteiger charge is -2.07. The van der Waals surface area contributed by atoms with Gasteiger partial charge >= 0.3 is 0 Å². The minimum absolute atomic E-state index is 0.00821. The third-order valence-electron chi connectivity index (χ3n) is 3.22. The summed E-state index contributed by atoms with van der Waals surface area (Å²) in [5.74, 6) is 0. The maximum atomic E-state index is 12.1. The van der Waals surface area contributed by atoms with E-state index in [0.717, 1.165) is 21.2 Å². The molecule has 0 aliphatic heterocycles. The van der Waals surface area contributed by atoms with Gasteiger partial charge in [0, 0.05) is 24.3 Å². The summed E-state index contributed by atoms with van der Waals surface area (Å²) in [6.45, 7) is 0.610. The van der Waals surface area contributed by atoms with Crippen LogP contribution in [0.25, 0.3) is 10.8 Å². The molecular weight excluding hydrogens is 320 g/mol. The van der Waals surface area contributed by atoms with Gasteiger partial charge in [0.05, 0.1) is 22.9 Å². The molecule has 102 valence electrons. The Morgan fingerprint density at radius 1 is 1.40 bits per heavy atom. The Hall–Kier alpha value is -2.08. The van der Waals surface area contributed by atoms with Crippen LogP contribution in [0.5, 0.6) is 0 Å². The van der Waals surface area contributed by atoms with Crippen molar-refractivity contribution in [3.05, 3.63) is 57.2 Å². The van der Waals surface area contributed by atoms with Gasteiger partial charge in [-0.05, 0) is 39.5 Å². The third-order valence-corrected chi connectivity index (χ3v) is 3.90. The van der Waals surface area contributed by atoms with Crippen LogP contribution >= 0.6 is 15.9 Å². The quantitative estimate of drug-likeness (QED) is 0.775. The van der Waals surface area contributed by atoms with Crippen LogP contribution in [-0.4, -0.2) is 14.8 Å². The molecule has 0 saturated heterocycles. The van der Waals surface area contributed by atoms with Gasteiger partial charge in [-0.1, -0.05) is 6.07 Å². The molecule has 0 fully saturated rings. The summed E-state index contributed by atoms with van der Waals surface area (Å²) in [5.41, 5.74) is 1.88. The first kappa shape index (κ1) is 12.9. The molecule has 1 aromatic carbocycles. The van der Waals surface area contributed by atoms with E-state index in [1.54, 1.807) is 24.0 Å². The molecule has 2 N–H and O–H groups in total. The number of aryl methyl sites for hydroxylation is 1. The predicted molar refractivity (Wildman–Crippen MR) is 82.8 cm³/mol. The van der Waals surface area contributed by atoms with E-state index in [1.807, 2.05) is 24.3 Å². The highest BCUT2D eigenvalue weighted by Crippen LogP contribution is 2.18. The highest BCUT2D eigenvalue weighted by molar-refractivity contribution is 9.10.